The Hall–Kier alpha value is -0.760. The van der Waals surface area contributed by atoms with Crippen molar-refractivity contribution in [1.29, 1.82) is 0 Å². The van der Waals surface area contributed by atoms with Crippen molar-refractivity contribution in [2.24, 2.45) is 0 Å². The summed E-state index contributed by atoms with van der Waals surface area (Å²) in [5, 5.41) is 1.18. The van der Waals surface area contributed by atoms with E-state index in [1.165, 1.54) is 10.9 Å². The fraction of sp³-hybridized carbons (Fsp3) is 0.111. The molecule has 0 bridgehead atoms. The second kappa shape index (κ2) is 2.38. The number of rotatable bonds is 0. The van der Waals surface area contributed by atoms with Gasteiger partial charge in [-0.25, -0.2) is 0 Å². The molecule has 1 heterocycles. The second-order valence-electron chi connectivity index (χ2n) is 2.50. The van der Waals surface area contributed by atoms with Crippen LogP contribution in [-0.4, -0.2) is 0 Å². The fourth-order valence-corrected chi connectivity index (χ4v) is 1.51. The van der Waals surface area contributed by atoms with E-state index in [0.29, 0.717) is 0 Å². The summed E-state index contributed by atoms with van der Waals surface area (Å²) in [6.45, 7) is 2.07. The third kappa shape index (κ3) is 0.979. The number of hydrogen-bond donors (Lipinski definition) is 0. The Labute approximate surface area is 73.1 Å². The van der Waals surface area contributed by atoms with Crippen LogP contribution in [0, 0.1) is 6.92 Å². The molecule has 56 valence electrons. The van der Waals surface area contributed by atoms with Crippen LogP contribution in [0.25, 0.3) is 11.0 Å². The van der Waals surface area contributed by atoms with E-state index < -0.39 is 0 Å². The monoisotopic (exact) mass is 210 g/mol. The van der Waals surface area contributed by atoms with Crippen LogP contribution in [0.15, 0.2) is 33.4 Å². The molecule has 2 aromatic rings. The largest absolute Gasteiger partial charge is 0.464 e. The summed E-state index contributed by atoms with van der Waals surface area (Å²) < 4.78 is 6.36. The molecule has 0 radical (unpaired) electrons. The van der Waals surface area contributed by atoms with Crippen molar-refractivity contribution in [2.75, 3.05) is 0 Å². The Kier molecular flexibility index (Phi) is 1.50. The SMILES string of the molecule is Cc1c(Br)ccc2occc12. The topological polar surface area (TPSA) is 13.1 Å². The summed E-state index contributed by atoms with van der Waals surface area (Å²) in [7, 11) is 0. The molecule has 2 rings (SSSR count). The van der Waals surface area contributed by atoms with Crippen LogP contribution in [0.3, 0.4) is 0 Å². The maximum atomic E-state index is 5.23. The van der Waals surface area contributed by atoms with Gasteiger partial charge in [0.15, 0.2) is 0 Å². The molecule has 0 atom stereocenters. The minimum absolute atomic E-state index is 0.950. The number of hydrogen-bond acceptors (Lipinski definition) is 1. The lowest BCUT2D eigenvalue weighted by atomic mass is 10.1. The quantitative estimate of drug-likeness (QED) is 0.649. The van der Waals surface area contributed by atoms with Crippen LogP contribution in [0.1, 0.15) is 5.56 Å². The predicted molar refractivity (Wildman–Crippen MR) is 48.7 cm³/mol. The highest BCUT2D eigenvalue weighted by atomic mass is 79.9. The van der Waals surface area contributed by atoms with Gasteiger partial charge in [-0.3, -0.25) is 0 Å². The fourth-order valence-electron chi connectivity index (χ4n) is 1.16. The van der Waals surface area contributed by atoms with Gasteiger partial charge in [0.2, 0.25) is 0 Å². The molecular formula is C9H7BrO. The van der Waals surface area contributed by atoms with Gasteiger partial charge in [0.25, 0.3) is 0 Å². The van der Waals surface area contributed by atoms with Gasteiger partial charge in [-0.15, -0.1) is 0 Å². The molecule has 0 aliphatic carbocycles. The van der Waals surface area contributed by atoms with Crippen molar-refractivity contribution < 1.29 is 4.42 Å². The lowest BCUT2D eigenvalue weighted by Gasteiger charge is -1.96. The Bertz CT molecular complexity index is 389. The standard InChI is InChI=1S/C9H7BrO/c1-6-7-4-5-11-9(7)3-2-8(6)10/h2-5H,1H3. The molecule has 0 saturated heterocycles. The molecule has 0 amide bonds. The summed E-state index contributed by atoms with van der Waals surface area (Å²) in [6.07, 6.45) is 1.71. The van der Waals surface area contributed by atoms with E-state index in [-0.39, 0.29) is 0 Å². The first-order valence-corrected chi connectivity index (χ1v) is 4.20. The Morgan fingerprint density at radius 2 is 2.09 bits per heavy atom. The van der Waals surface area contributed by atoms with Crippen LogP contribution in [0.2, 0.25) is 0 Å². The Morgan fingerprint density at radius 3 is 2.91 bits per heavy atom. The van der Waals surface area contributed by atoms with Gasteiger partial charge in [0.1, 0.15) is 5.58 Å². The average Bonchev–Trinajstić information content (AvgIpc) is 2.45. The maximum Gasteiger partial charge on any atom is 0.134 e. The van der Waals surface area contributed by atoms with Gasteiger partial charge >= 0.3 is 0 Å². The van der Waals surface area contributed by atoms with E-state index in [4.69, 9.17) is 4.42 Å². The van der Waals surface area contributed by atoms with Gasteiger partial charge in [-0.05, 0) is 30.7 Å². The van der Waals surface area contributed by atoms with Gasteiger partial charge < -0.3 is 4.42 Å². The summed E-state index contributed by atoms with van der Waals surface area (Å²) in [4.78, 5) is 0. The zero-order chi connectivity index (χ0) is 7.84. The lowest BCUT2D eigenvalue weighted by molar-refractivity contribution is 0.616. The molecule has 0 aliphatic rings. The van der Waals surface area contributed by atoms with Gasteiger partial charge in [-0.1, -0.05) is 15.9 Å². The van der Waals surface area contributed by atoms with Crippen molar-refractivity contribution in [2.45, 2.75) is 6.92 Å². The van der Waals surface area contributed by atoms with Crippen molar-refractivity contribution in [3.63, 3.8) is 0 Å². The average molecular weight is 211 g/mol. The first-order chi connectivity index (χ1) is 5.29. The summed E-state index contributed by atoms with van der Waals surface area (Å²) >= 11 is 3.46. The summed E-state index contributed by atoms with van der Waals surface area (Å²) in [6, 6.07) is 5.95. The third-order valence-corrected chi connectivity index (χ3v) is 2.70. The van der Waals surface area contributed by atoms with E-state index in [2.05, 4.69) is 22.9 Å². The summed E-state index contributed by atoms with van der Waals surface area (Å²) in [5.74, 6) is 0. The number of benzene rings is 1. The zero-order valence-electron chi connectivity index (χ0n) is 6.10. The predicted octanol–water partition coefficient (Wildman–Crippen LogP) is 3.50. The smallest absolute Gasteiger partial charge is 0.134 e. The minimum Gasteiger partial charge on any atom is -0.464 e. The second-order valence-corrected chi connectivity index (χ2v) is 3.36. The Balaban J connectivity index is 2.93. The lowest BCUT2D eigenvalue weighted by Crippen LogP contribution is -1.74. The van der Waals surface area contributed by atoms with Crippen molar-refractivity contribution in [3.05, 3.63) is 34.5 Å². The maximum absolute atomic E-state index is 5.23. The summed E-state index contributed by atoms with van der Waals surface area (Å²) in [5.41, 5.74) is 2.18. The molecular weight excluding hydrogens is 204 g/mol. The number of furan rings is 1. The first kappa shape index (κ1) is 6.92. The highest BCUT2D eigenvalue weighted by Gasteiger charge is 2.01. The van der Waals surface area contributed by atoms with E-state index >= 15 is 0 Å². The number of halogens is 1. The van der Waals surface area contributed by atoms with E-state index in [9.17, 15) is 0 Å². The van der Waals surface area contributed by atoms with Crippen LogP contribution in [0.4, 0.5) is 0 Å². The van der Waals surface area contributed by atoms with Gasteiger partial charge in [0, 0.05) is 9.86 Å². The number of fused-ring (bicyclic) bond motifs is 1. The van der Waals surface area contributed by atoms with E-state index in [1.807, 2.05) is 18.2 Å². The molecule has 0 aliphatic heterocycles. The van der Waals surface area contributed by atoms with Crippen molar-refractivity contribution in [3.8, 4) is 0 Å². The van der Waals surface area contributed by atoms with Crippen LogP contribution < -0.4 is 0 Å². The molecule has 1 aromatic carbocycles. The normalized spacial score (nSPS) is 10.7. The highest BCUT2D eigenvalue weighted by Crippen LogP contribution is 2.25. The van der Waals surface area contributed by atoms with Crippen LogP contribution >= 0.6 is 15.9 Å². The molecule has 0 fully saturated rings. The van der Waals surface area contributed by atoms with Crippen molar-refractivity contribution in [1.82, 2.24) is 0 Å². The van der Waals surface area contributed by atoms with Gasteiger partial charge in [-0.2, -0.15) is 0 Å². The van der Waals surface area contributed by atoms with Crippen LogP contribution in [-0.2, 0) is 0 Å². The molecule has 1 nitrogen and oxygen atoms in total. The molecule has 0 saturated carbocycles. The molecule has 11 heavy (non-hydrogen) atoms. The molecule has 1 aromatic heterocycles. The molecule has 0 spiro atoms. The molecule has 2 heteroatoms. The van der Waals surface area contributed by atoms with Gasteiger partial charge in [0.05, 0.1) is 6.26 Å². The Morgan fingerprint density at radius 1 is 1.27 bits per heavy atom. The van der Waals surface area contributed by atoms with Crippen molar-refractivity contribution >= 4 is 26.9 Å². The minimum atomic E-state index is 0.950. The zero-order valence-corrected chi connectivity index (χ0v) is 7.68. The molecule has 0 unspecified atom stereocenters. The molecule has 0 N–H and O–H groups in total. The third-order valence-electron chi connectivity index (χ3n) is 1.84. The van der Waals surface area contributed by atoms with E-state index in [0.717, 1.165) is 10.1 Å². The number of aryl methyl sites for hydroxylation is 1. The van der Waals surface area contributed by atoms with E-state index in [1.54, 1.807) is 6.26 Å². The highest BCUT2D eigenvalue weighted by molar-refractivity contribution is 9.10. The first-order valence-electron chi connectivity index (χ1n) is 3.41. The van der Waals surface area contributed by atoms with Crippen LogP contribution in [0.5, 0.6) is 0 Å².